The fourth-order valence-electron chi connectivity index (χ4n) is 4.36. The number of nitrogens with one attached hydrogen (secondary N) is 2. The molecule has 2 saturated heterocycles. The minimum Gasteiger partial charge on any atom is -0.497 e. The van der Waals surface area contributed by atoms with Gasteiger partial charge in [0.15, 0.2) is 0 Å². The molecule has 2 aromatic rings. The number of aryl methyl sites for hydroxylation is 1. The molecule has 3 heterocycles. The van der Waals surface area contributed by atoms with Crippen molar-refractivity contribution in [2.75, 3.05) is 26.7 Å². The van der Waals surface area contributed by atoms with E-state index >= 15 is 0 Å². The predicted molar refractivity (Wildman–Crippen MR) is 105 cm³/mol. The summed E-state index contributed by atoms with van der Waals surface area (Å²) in [6.07, 6.45) is 2.56. The third kappa shape index (κ3) is 4.05. The van der Waals surface area contributed by atoms with E-state index in [4.69, 9.17) is 9.26 Å². The normalized spacial score (nSPS) is 25.1. The second kappa shape index (κ2) is 8.32. The van der Waals surface area contributed by atoms with Crippen LogP contribution >= 0.6 is 0 Å². The third-order valence-electron chi connectivity index (χ3n) is 5.87. The van der Waals surface area contributed by atoms with Gasteiger partial charge in [0.1, 0.15) is 11.5 Å². The Bertz CT molecular complexity index is 804. The van der Waals surface area contributed by atoms with Crippen molar-refractivity contribution < 1.29 is 14.1 Å². The fourth-order valence-corrected chi connectivity index (χ4v) is 4.36. The Balaban J connectivity index is 1.39. The van der Waals surface area contributed by atoms with Gasteiger partial charge in [0, 0.05) is 31.7 Å². The fraction of sp³-hybridized carbons (Fsp3) is 0.524. The molecule has 3 unspecified atom stereocenters. The lowest BCUT2D eigenvalue weighted by atomic mass is 9.83. The maximum atomic E-state index is 12.9. The Kier molecular flexibility index (Phi) is 5.64. The van der Waals surface area contributed by atoms with Crippen LogP contribution in [0.3, 0.4) is 0 Å². The standard InChI is InChI=1S/C21H28N4O3/c1-14-10-19(28-24-14)18-12-22-23-21(18)16-4-3-9-25(13-16)20(26)11-15-5-7-17(27-2)8-6-15/h5-8,10,16,18,21-23H,3-4,9,11-13H2,1-2H3. The average Bonchev–Trinajstić information content (AvgIpc) is 3.37. The summed E-state index contributed by atoms with van der Waals surface area (Å²) in [6, 6.07) is 9.98. The Morgan fingerprint density at radius 2 is 2.18 bits per heavy atom. The number of hydrazine groups is 1. The van der Waals surface area contributed by atoms with Crippen molar-refractivity contribution in [3.05, 3.63) is 47.3 Å². The van der Waals surface area contributed by atoms with Crippen LogP contribution in [0.1, 0.15) is 35.8 Å². The monoisotopic (exact) mass is 384 g/mol. The predicted octanol–water partition coefficient (Wildman–Crippen LogP) is 2.03. The van der Waals surface area contributed by atoms with Gasteiger partial charge in [0.25, 0.3) is 0 Å². The first-order valence-electron chi connectivity index (χ1n) is 9.96. The largest absolute Gasteiger partial charge is 0.497 e. The lowest BCUT2D eigenvalue weighted by Crippen LogP contribution is -2.48. The maximum Gasteiger partial charge on any atom is 0.226 e. The number of hydrogen-bond acceptors (Lipinski definition) is 6. The summed E-state index contributed by atoms with van der Waals surface area (Å²) >= 11 is 0. The molecule has 7 nitrogen and oxygen atoms in total. The van der Waals surface area contributed by atoms with Crippen LogP contribution in [0.25, 0.3) is 0 Å². The van der Waals surface area contributed by atoms with Crippen molar-refractivity contribution in [2.45, 2.75) is 38.1 Å². The molecule has 1 aromatic heterocycles. The minimum absolute atomic E-state index is 0.188. The number of carbonyl (C=O) groups excluding carboxylic acids is 1. The summed E-state index contributed by atoms with van der Waals surface area (Å²) in [5.74, 6) is 2.54. The van der Waals surface area contributed by atoms with E-state index in [1.54, 1.807) is 7.11 Å². The first kappa shape index (κ1) is 19.0. The summed E-state index contributed by atoms with van der Waals surface area (Å²) in [7, 11) is 1.65. The van der Waals surface area contributed by atoms with Gasteiger partial charge in [-0.3, -0.25) is 15.6 Å². The molecule has 2 aliphatic rings. The highest BCUT2D eigenvalue weighted by Gasteiger charge is 2.39. The number of likely N-dealkylation sites (tertiary alicyclic amines) is 1. The zero-order valence-corrected chi connectivity index (χ0v) is 16.5. The Labute approximate surface area is 165 Å². The SMILES string of the molecule is COc1ccc(CC(=O)N2CCCC(C3NNCC3c3cc(C)no3)C2)cc1. The molecule has 4 rings (SSSR count). The Morgan fingerprint density at radius 3 is 2.89 bits per heavy atom. The third-order valence-corrected chi connectivity index (χ3v) is 5.87. The molecule has 3 atom stereocenters. The van der Waals surface area contributed by atoms with E-state index in [0.717, 1.165) is 55.2 Å². The van der Waals surface area contributed by atoms with Crippen molar-refractivity contribution in [3.63, 3.8) is 0 Å². The van der Waals surface area contributed by atoms with E-state index in [1.165, 1.54) is 0 Å². The van der Waals surface area contributed by atoms with Crippen molar-refractivity contribution in [1.29, 1.82) is 0 Å². The summed E-state index contributed by atoms with van der Waals surface area (Å²) < 4.78 is 10.7. The maximum absolute atomic E-state index is 12.9. The molecule has 1 amide bonds. The summed E-state index contributed by atoms with van der Waals surface area (Å²) in [5, 5.41) is 4.04. The van der Waals surface area contributed by atoms with Crippen LogP contribution in [-0.2, 0) is 11.2 Å². The van der Waals surface area contributed by atoms with Gasteiger partial charge in [0.05, 0.1) is 25.1 Å². The number of amides is 1. The van der Waals surface area contributed by atoms with Gasteiger partial charge in [-0.15, -0.1) is 0 Å². The molecule has 150 valence electrons. The highest BCUT2D eigenvalue weighted by molar-refractivity contribution is 5.79. The van der Waals surface area contributed by atoms with Gasteiger partial charge in [-0.05, 0) is 43.4 Å². The average molecular weight is 384 g/mol. The molecule has 28 heavy (non-hydrogen) atoms. The van der Waals surface area contributed by atoms with E-state index in [0.29, 0.717) is 12.3 Å². The number of benzene rings is 1. The van der Waals surface area contributed by atoms with Crippen molar-refractivity contribution in [1.82, 2.24) is 20.9 Å². The molecule has 1 aromatic carbocycles. The molecule has 0 spiro atoms. The lowest BCUT2D eigenvalue weighted by molar-refractivity contribution is -0.132. The smallest absolute Gasteiger partial charge is 0.226 e. The van der Waals surface area contributed by atoms with E-state index in [-0.39, 0.29) is 17.9 Å². The van der Waals surface area contributed by atoms with Crippen molar-refractivity contribution in [2.24, 2.45) is 5.92 Å². The molecular weight excluding hydrogens is 356 g/mol. The molecule has 0 saturated carbocycles. The highest BCUT2D eigenvalue weighted by Crippen LogP contribution is 2.32. The molecular formula is C21H28N4O3. The van der Waals surface area contributed by atoms with Gasteiger partial charge in [-0.2, -0.15) is 0 Å². The minimum atomic E-state index is 0.188. The Morgan fingerprint density at radius 1 is 1.36 bits per heavy atom. The number of hydrogen-bond donors (Lipinski definition) is 2. The second-order valence-electron chi connectivity index (χ2n) is 7.80. The van der Waals surface area contributed by atoms with Crippen LogP contribution < -0.4 is 15.6 Å². The van der Waals surface area contributed by atoms with Gasteiger partial charge >= 0.3 is 0 Å². The molecule has 2 aliphatic heterocycles. The molecule has 7 heteroatoms. The van der Waals surface area contributed by atoms with Crippen LogP contribution in [0.5, 0.6) is 5.75 Å². The molecule has 2 fully saturated rings. The van der Waals surface area contributed by atoms with E-state index in [9.17, 15) is 4.79 Å². The summed E-state index contributed by atoms with van der Waals surface area (Å²) in [5.41, 5.74) is 8.61. The zero-order chi connectivity index (χ0) is 19.5. The summed E-state index contributed by atoms with van der Waals surface area (Å²) in [6.45, 7) is 4.36. The molecule has 2 N–H and O–H groups in total. The number of ether oxygens (including phenoxy) is 1. The van der Waals surface area contributed by atoms with Crippen molar-refractivity contribution in [3.8, 4) is 5.75 Å². The van der Waals surface area contributed by atoms with Gasteiger partial charge in [0.2, 0.25) is 5.91 Å². The summed E-state index contributed by atoms with van der Waals surface area (Å²) in [4.78, 5) is 14.9. The molecule has 0 bridgehead atoms. The topological polar surface area (TPSA) is 79.6 Å². The van der Waals surface area contributed by atoms with Crippen LogP contribution in [-0.4, -0.2) is 48.7 Å². The van der Waals surface area contributed by atoms with Crippen LogP contribution in [0.2, 0.25) is 0 Å². The zero-order valence-electron chi connectivity index (χ0n) is 16.5. The highest BCUT2D eigenvalue weighted by atomic mass is 16.5. The van der Waals surface area contributed by atoms with E-state index in [2.05, 4.69) is 16.0 Å². The Hall–Kier alpha value is -2.38. The van der Waals surface area contributed by atoms with E-state index < -0.39 is 0 Å². The quantitative estimate of drug-likeness (QED) is 0.821. The number of aromatic nitrogens is 1. The number of piperidine rings is 1. The van der Waals surface area contributed by atoms with Crippen LogP contribution in [0.4, 0.5) is 0 Å². The van der Waals surface area contributed by atoms with E-state index in [1.807, 2.05) is 42.2 Å². The van der Waals surface area contributed by atoms with Crippen LogP contribution in [0.15, 0.2) is 34.9 Å². The number of carbonyl (C=O) groups is 1. The second-order valence-corrected chi connectivity index (χ2v) is 7.80. The first-order chi connectivity index (χ1) is 13.6. The van der Waals surface area contributed by atoms with Gasteiger partial charge in [-0.25, -0.2) is 0 Å². The first-order valence-corrected chi connectivity index (χ1v) is 9.96. The van der Waals surface area contributed by atoms with Crippen molar-refractivity contribution >= 4 is 5.91 Å². The molecule has 0 aliphatic carbocycles. The van der Waals surface area contributed by atoms with Crippen LogP contribution in [0, 0.1) is 12.8 Å². The lowest BCUT2D eigenvalue weighted by Gasteiger charge is -2.37. The number of nitrogens with zero attached hydrogens (tertiary/aromatic N) is 2. The number of methoxy groups -OCH3 is 1. The molecule has 0 radical (unpaired) electrons. The van der Waals surface area contributed by atoms with Gasteiger partial charge < -0.3 is 14.2 Å². The number of rotatable bonds is 5. The van der Waals surface area contributed by atoms with Gasteiger partial charge in [-0.1, -0.05) is 17.3 Å².